The normalized spacial score (nSPS) is 16.5. The molecule has 0 bridgehead atoms. The first-order valence-electron chi connectivity index (χ1n) is 11.8. The fourth-order valence-electron chi connectivity index (χ4n) is 4.27. The number of aromatic amines is 1. The van der Waals surface area contributed by atoms with Crippen LogP contribution in [0.3, 0.4) is 0 Å². The van der Waals surface area contributed by atoms with Crippen molar-refractivity contribution in [1.82, 2.24) is 10.3 Å². The van der Waals surface area contributed by atoms with Crippen LogP contribution in [0.2, 0.25) is 0 Å². The Balaban J connectivity index is 1.90. The topological polar surface area (TPSA) is 131 Å². The fourth-order valence-corrected chi connectivity index (χ4v) is 4.27. The van der Waals surface area contributed by atoms with Gasteiger partial charge in [0.25, 0.3) is 0 Å². The van der Waals surface area contributed by atoms with Crippen molar-refractivity contribution >= 4 is 23.5 Å². The summed E-state index contributed by atoms with van der Waals surface area (Å²) >= 11 is 0. The molecule has 9 nitrogen and oxygen atoms in total. The Hall–Kier alpha value is -4.32. The predicted octanol–water partition coefficient (Wildman–Crippen LogP) is 3.72. The molecule has 0 saturated carbocycles. The van der Waals surface area contributed by atoms with Gasteiger partial charge in [0.1, 0.15) is 12.7 Å². The summed E-state index contributed by atoms with van der Waals surface area (Å²) in [6, 6.07) is 11.6. The van der Waals surface area contributed by atoms with E-state index in [1.54, 1.807) is 6.20 Å². The van der Waals surface area contributed by atoms with Crippen LogP contribution in [0.25, 0.3) is 5.57 Å². The third-order valence-electron chi connectivity index (χ3n) is 6.18. The van der Waals surface area contributed by atoms with Crippen LogP contribution >= 0.6 is 0 Å². The number of nitrogens with zero attached hydrogens (tertiary/aromatic N) is 1. The highest BCUT2D eigenvalue weighted by Gasteiger charge is 2.36. The maximum absolute atomic E-state index is 12.4. The Morgan fingerprint density at radius 3 is 2.46 bits per heavy atom. The zero-order valence-electron chi connectivity index (χ0n) is 21.5. The lowest BCUT2D eigenvalue weighted by Crippen LogP contribution is -2.17. The van der Waals surface area contributed by atoms with E-state index in [1.807, 2.05) is 44.2 Å². The number of nitriles is 1. The minimum Gasteiger partial charge on any atom is -0.469 e. The maximum atomic E-state index is 12.4. The third kappa shape index (κ3) is 6.88. The molecule has 37 heavy (non-hydrogen) atoms. The molecule has 0 atom stereocenters. The van der Waals surface area contributed by atoms with E-state index in [1.165, 1.54) is 20.3 Å². The molecule has 1 aliphatic heterocycles. The molecule has 1 aliphatic rings. The van der Waals surface area contributed by atoms with Gasteiger partial charge < -0.3 is 24.5 Å². The summed E-state index contributed by atoms with van der Waals surface area (Å²) in [4.78, 5) is 39.4. The van der Waals surface area contributed by atoms with E-state index in [4.69, 9.17) is 14.2 Å². The van der Waals surface area contributed by atoms with Crippen molar-refractivity contribution in [3.63, 3.8) is 0 Å². The molecule has 1 fully saturated rings. The number of carbonyl (C=O) groups is 3. The van der Waals surface area contributed by atoms with Crippen molar-refractivity contribution in [2.24, 2.45) is 5.41 Å². The van der Waals surface area contributed by atoms with E-state index in [0.717, 1.165) is 11.1 Å². The standard InChI is InChI=1S/C28H31N3O6/c1-28(2)14-20(12-25(34)37-17-18-8-6-5-7-9-18)31-27(28)22(15-29)26-21(13-24(33)36-4)19(16-30-26)10-11-23(32)35-3/h5-9,12,16,30-31H,10-11,13-14,17H2,1-4H3/b20-12+,27-22-. The number of methoxy groups -OCH3 is 2. The molecule has 0 radical (unpaired) electrons. The molecule has 0 amide bonds. The first kappa shape index (κ1) is 27.3. The Bertz CT molecular complexity index is 1260. The highest BCUT2D eigenvalue weighted by atomic mass is 16.5. The van der Waals surface area contributed by atoms with E-state index >= 15 is 0 Å². The van der Waals surface area contributed by atoms with Crippen LogP contribution in [0.1, 0.15) is 49.1 Å². The highest BCUT2D eigenvalue weighted by Crippen LogP contribution is 2.42. The molecule has 0 spiro atoms. The number of H-pyrrole nitrogens is 1. The van der Waals surface area contributed by atoms with Gasteiger partial charge >= 0.3 is 17.9 Å². The summed E-state index contributed by atoms with van der Waals surface area (Å²) in [5.74, 6) is -1.33. The van der Waals surface area contributed by atoms with Gasteiger partial charge in [0.05, 0.1) is 31.9 Å². The number of aryl methyl sites for hydroxylation is 1. The molecule has 1 saturated heterocycles. The van der Waals surface area contributed by atoms with Crippen LogP contribution in [0.4, 0.5) is 0 Å². The fraction of sp³-hybridized carbons (Fsp3) is 0.357. The van der Waals surface area contributed by atoms with E-state index in [9.17, 15) is 19.6 Å². The van der Waals surface area contributed by atoms with Crippen molar-refractivity contribution in [2.45, 2.75) is 46.1 Å². The monoisotopic (exact) mass is 505 g/mol. The summed E-state index contributed by atoms with van der Waals surface area (Å²) in [6.07, 6.45) is 3.96. The molecular weight excluding hydrogens is 474 g/mol. The van der Waals surface area contributed by atoms with E-state index < -0.39 is 17.4 Å². The molecule has 9 heteroatoms. The van der Waals surface area contributed by atoms with Gasteiger partial charge in [-0.1, -0.05) is 44.2 Å². The zero-order valence-corrected chi connectivity index (χ0v) is 21.5. The zero-order chi connectivity index (χ0) is 27.0. The Labute approximate surface area is 216 Å². The summed E-state index contributed by atoms with van der Waals surface area (Å²) in [5, 5.41) is 13.4. The van der Waals surface area contributed by atoms with Gasteiger partial charge in [-0.2, -0.15) is 5.26 Å². The number of aromatic nitrogens is 1. The number of nitrogens with one attached hydrogen (secondary N) is 2. The summed E-state index contributed by atoms with van der Waals surface area (Å²) < 4.78 is 15.0. The van der Waals surface area contributed by atoms with Crippen molar-refractivity contribution in [1.29, 1.82) is 5.26 Å². The van der Waals surface area contributed by atoms with Gasteiger partial charge in [-0.25, -0.2) is 4.79 Å². The van der Waals surface area contributed by atoms with Crippen LogP contribution in [0.15, 0.2) is 54.0 Å². The van der Waals surface area contributed by atoms with Gasteiger partial charge in [-0.15, -0.1) is 0 Å². The minimum absolute atomic E-state index is 0.0702. The molecule has 0 aliphatic carbocycles. The first-order valence-corrected chi connectivity index (χ1v) is 11.8. The molecule has 1 aromatic carbocycles. The second kappa shape index (κ2) is 12.1. The van der Waals surface area contributed by atoms with Crippen LogP contribution in [-0.2, 0) is 48.0 Å². The molecule has 3 rings (SSSR count). The second-order valence-electron chi connectivity index (χ2n) is 9.31. The molecule has 2 N–H and O–H groups in total. The Kier molecular flexibility index (Phi) is 8.90. The van der Waals surface area contributed by atoms with E-state index in [0.29, 0.717) is 41.1 Å². The molecular formula is C28H31N3O6. The lowest BCUT2D eigenvalue weighted by molar-refractivity contribution is -0.141. The number of rotatable bonds is 9. The van der Waals surface area contributed by atoms with Gasteiger partial charge in [0.2, 0.25) is 0 Å². The summed E-state index contributed by atoms with van der Waals surface area (Å²) in [7, 11) is 2.61. The van der Waals surface area contributed by atoms with Gasteiger partial charge in [0, 0.05) is 35.5 Å². The molecule has 0 unspecified atom stereocenters. The van der Waals surface area contributed by atoms with Gasteiger partial charge in [-0.3, -0.25) is 9.59 Å². The first-order chi connectivity index (χ1) is 17.7. The third-order valence-corrected chi connectivity index (χ3v) is 6.18. The minimum atomic E-state index is -0.504. The van der Waals surface area contributed by atoms with Crippen molar-refractivity contribution in [2.75, 3.05) is 14.2 Å². The molecule has 194 valence electrons. The number of allylic oxidation sites excluding steroid dienone is 3. The Morgan fingerprint density at radius 2 is 1.81 bits per heavy atom. The van der Waals surface area contributed by atoms with Crippen LogP contribution in [0, 0.1) is 16.7 Å². The quantitative estimate of drug-likeness (QED) is 0.228. The van der Waals surface area contributed by atoms with Crippen LogP contribution < -0.4 is 5.32 Å². The Morgan fingerprint density at radius 1 is 1.11 bits per heavy atom. The van der Waals surface area contributed by atoms with Crippen LogP contribution in [-0.4, -0.2) is 37.1 Å². The maximum Gasteiger partial charge on any atom is 0.332 e. The SMILES string of the molecule is COC(=O)CCc1c[nH]c(/C(C#N)=C2\N/C(=C/C(=O)OCc3ccccc3)CC2(C)C)c1CC(=O)OC. The number of carbonyl (C=O) groups excluding carboxylic acids is 3. The molecule has 1 aromatic heterocycles. The number of benzene rings is 1. The molecule has 2 heterocycles. The van der Waals surface area contributed by atoms with Crippen molar-refractivity contribution in [3.8, 4) is 6.07 Å². The van der Waals surface area contributed by atoms with E-state index in [-0.39, 0.29) is 25.4 Å². The average molecular weight is 506 g/mol. The smallest absolute Gasteiger partial charge is 0.332 e. The van der Waals surface area contributed by atoms with Crippen LogP contribution in [0.5, 0.6) is 0 Å². The van der Waals surface area contributed by atoms with Crippen molar-refractivity contribution < 1.29 is 28.6 Å². The average Bonchev–Trinajstić information content (AvgIpc) is 3.41. The lowest BCUT2D eigenvalue weighted by atomic mass is 9.84. The number of hydrogen-bond acceptors (Lipinski definition) is 8. The predicted molar refractivity (Wildman–Crippen MR) is 135 cm³/mol. The number of hydrogen-bond donors (Lipinski definition) is 2. The number of ether oxygens (including phenoxy) is 3. The van der Waals surface area contributed by atoms with Gasteiger partial charge in [-0.05, 0) is 29.5 Å². The lowest BCUT2D eigenvalue weighted by Gasteiger charge is -2.20. The summed E-state index contributed by atoms with van der Waals surface area (Å²) in [6.45, 7) is 4.08. The van der Waals surface area contributed by atoms with Gasteiger partial charge in [0.15, 0.2) is 0 Å². The number of esters is 3. The molecule has 2 aromatic rings. The highest BCUT2D eigenvalue weighted by molar-refractivity contribution is 5.86. The largest absolute Gasteiger partial charge is 0.469 e. The second-order valence-corrected chi connectivity index (χ2v) is 9.31. The summed E-state index contributed by atoms with van der Waals surface area (Å²) in [5.41, 5.74) is 3.70. The van der Waals surface area contributed by atoms with Crippen molar-refractivity contribution in [3.05, 3.63) is 76.4 Å². The van der Waals surface area contributed by atoms with E-state index in [2.05, 4.69) is 16.4 Å².